The van der Waals surface area contributed by atoms with Crippen molar-refractivity contribution in [2.75, 3.05) is 43.4 Å². The Kier molecular flexibility index (Phi) is 6.11. The molecule has 1 amide bonds. The van der Waals surface area contributed by atoms with Crippen LogP contribution >= 0.6 is 0 Å². The Bertz CT molecular complexity index is 757. The van der Waals surface area contributed by atoms with Crippen molar-refractivity contribution in [3.8, 4) is 0 Å². The SMILES string of the molecule is CCC(CC)n1nc(C(=O)Nc2ccc(N3CCN(C)CC3)nc2)cc1C. The molecule has 7 heteroatoms. The van der Waals surface area contributed by atoms with Gasteiger partial charge in [-0.05, 0) is 45.0 Å². The van der Waals surface area contributed by atoms with Crippen LogP contribution in [0.15, 0.2) is 24.4 Å². The van der Waals surface area contributed by atoms with E-state index in [4.69, 9.17) is 0 Å². The van der Waals surface area contributed by atoms with E-state index < -0.39 is 0 Å². The van der Waals surface area contributed by atoms with E-state index in [1.54, 1.807) is 6.20 Å². The summed E-state index contributed by atoms with van der Waals surface area (Å²) >= 11 is 0. The average Bonchev–Trinajstić information content (AvgIpc) is 3.06. The number of carbonyl (C=O) groups excluding carboxylic acids is 1. The first kappa shape index (κ1) is 19.4. The van der Waals surface area contributed by atoms with Crippen molar-refractivity contribution in [1.29, 1.82) is 0 Å². The van der Waals surface area contributed by atoms with Crippen LogP contribution in [0, 0.1) is 6.92 Å². The number of carbonyl (C=O) groups is 1. The smallest absolute Gasteiger partial charge is 0.276 e. The number of rotatable bonds is 6. The summed E-state index contributed by atoms with van der Waals surface area (Å²) in [5.74, 6) is 0.756. The molecule has 0 unspecified atom stereocenters. The zero-order chi connectivity index (χ0) is 19.4. The molecule has 1 fully saturated rings. The summed E-state index contributed by atoms with van der Waals surface area (Å²) < 4.78 is 1.96. The van der Waals surface area contributed by atoms with Crippen LogP contribution in [0.1, 0.15) is 48.9 Å². The van der Waals surface area contributed by atoms with Gasteiger partial charge in [-0.2, -0.15) is 5.10 Å². The molecule has 0 radical (unpaired) electrons. The van der Waals surface area contributed by atoms with Crippen LogP contribution in [-0.2, 0) is 0 Å². The van der Waals surface area contributed by atoms with Crippen LogP contribution in [0.3, 0.4) is 0 Å². The summed E-state index contributed by atoms with van der Waals surface area (Å²) in [4.78, 5) is 21.7. The van der Waals surface area contributed by atoms with Gasteiger partial charge in [0.2, 0.25) is 0 Å². The molecular weight excluding hydrogens is 340 g/mol. The molecule has 0 aromatic carbocycles. The highest BCUT2D eigenvalue weighted by Crippen LogP contribution is 2.19. The summed E-state index contributed by atoms with van der Waals surface area (Å²) in [7, 11) is 2.13. The number of aromatic nitrogens is 3. The molecule has 3 heterocycles. The maximum absolute atomic E-state index is 12.6. The van der Waals surface area contributed by atoms with Crippen molar-refractivity contribution in [2.45, 2.75) is 39.7 Å². The highest BCUT2D eigenvalue weighted by atomic mass is 16.2. The molecule has 7 nitrogen and oxygen atoms in total. The lowest BCUT2D eigenvalue weighted by Crippen LogP contribution is -2.44. The van der Waals surface area contributed by atoms with E-state index in [1.165, 1.54) is 0 Å². The molecule has 27 heavy (non-hydrogen) atoms. The lowest BCUT2D eigenvalue weighted by Gasteiger charge is -2.33. The van der Waals surface area contributed by atoms with E-state index in [2.05, 4.69) is 46.1 Å². The van der Waals surface area contributed by atoms with Gasteiger partial charge in [-0.25, -0.2) is 4.98 Å². The van der Waals surface area contributed by atoms with Crippen molar-refractivity contribution < 1.29 is 4.79 Å². The van der Waals surface area contributed by atoms with Crippen LogP contribution < -0.4 is 10.2 Å². The lowest BCUT2D eigenvalue weighted by atomic mass is 10.2. The summed E-state index contributed by atoms with van der Waals surface area (Å²) in [6.07, 6.45) is 3.71. The second kappa shape index (κ2) is 8.52. The number of piperazine rings is 1. The van der Waals surface area contributed by atoms with E-state index in [9.17, 15) is 4.79 Å². The number of hydrogen-bond acceptors (Lipinski definition) is 5. The van der Waals surface area contributed by atoms with Crippen molar-refractivity contribution in [1.82, 2.24) is 19.7 Å². The molecule has 0 spiro atoms. The fraction of sp³-hybridized carbons (Fsp3) is 0.550. The first-order valence-electron chi connectivity index (χ1n) is 9.78. The Morgan fingerprint density at radius 1 is 1.19 bits per heavy atom. The number of likely N-dealkylation sites (N-methyl/N-ethyl adjacent to an activating group) is 1. The maximum atomic E-state index is 12.6. The minimum atomic E-state index is -0.197. The molecule has 1 aliphatic heterocycles. The average molecular weight is 371 g/mol. The first-order chi connectivity index (χ1) is 13.0. The Labute approximate surface area is 161 Å². The van der Waals surface area contributed by atoms with E-state index in [0.29, 0.717) is 17.4 Å². The fourth-order valence-electron chi connectivity index (χ4n) is 3.48. The van der Waals surface area contributed by atoms with Gasteiger partial charge in [-0.1, -0.05) is 13.8 Å². The van der Waals surface area contributed by atoms with Gasteiger partial charge in [0.25, 0.3) is 5.91 Å². The van der Waals surface area contributed by atoms with E-state index >= 15 is 0 Å². The van der Waals surface area contributed by atoms with Gasteiger partial charge in [0.15, 0.2) is 5.69 Å². The van der Waals surface area contributed by atoms with Crippen molar-refractivity contribution >= 4 is 17.4 Å². The van der Waals surface area contributed by atoms with Crippen molar-refractivity contribution in [3.05, 3.63) is 35.8 Å². The van der Waals surface area contributed by atoms with E-state index in [1.807, 2.05) is 29.8 Å². The molecule has 0 bridgehead atoms. The van der Waals surface area contributed by atoms with Gasteiger partial charge in [-0.15, -0.1) is 0 Å². The fourth-order valence-corrected chi connectivity index (χ4v) is 3.48. The van der Waals surface area contributed by atoms with Crippen molar-refractivity contribution in [3.63, 3.8) is 0 Å². The predicted molar refractivity (Wildman–Crippen MR) is 108 cm³/mol. The number of anilines is 2. The molecule has 2 aromatic heterocycles. The third kappa shape index (κ3) is 4.47. The number of nitrogens with one attached hydrogen (secondary N) is 1. The third-order valence-electron chi connectivity index (χ3n) is 5.28. The summed E-state index contributed by atoms with van der Waals surface area (Å²) in [5, 5.41) is 7.42. The molecule has 1 saturated heterocycles. The Morgan fingerprint density at radius 2 is 1.89 bits per heavy atom. The van der Waals surface area contributed by atoms with Gasteiger partial charge in [0.1, 0.15) is 5.82 Å². The van der Waals surface area contributed by atoms with E-state index in [0.717, 1.165) is 50.5 Å². The molecule has 0 atom stereocenters. The van der Waals surface area contributed by atoms with Crippen LogP contribution in [0.4, 0.5) is 11.5 Å². The molecule has 0 aliphatic carbocycles. The largest absolute Gasteiger partial charge is 0.354 e. The minimum absolute atomic E-state index is 0.197. The summed E-state index contributed by atoms with van der Waals surface area (Å²) in [6.45, 7) is 10.3. The Hall–Kier alpha value is -2.41. The predicted octanol–water partition coefficient (Wildman–Crippen LogP) is 2.95. The number of amides is 1. The maximum Gasteiger partial charge on any atom is 0.276 e. The highest BCUT2D eigenvalue weighted by Gasteiger charge is 2.18. The second-order valence-electron chi connectivity index (χ2n) is 7.24. The Balaban J connectivity index is 1.65. The van der Waals surface area contributed by atoms with Gasteiger partial charge < -0.3 is 15.1 Å². The number of pyridine rings is 1. The number of nitrogens with zero attached hydrogens (tertiary/aromatic N) is 5. The van der Waals surface area contributed by atoms with Gasteiger partial charge in [0.05, 0.1) is 17.9 Å². The van der Waals surface area contributed by atoms with Gasteiger partial charge >= 0.3 is 0 Å². The minimum Gasteiger partial charge on any atom is -0.354 e. The molecule has 2 aromatic rings. The van der Waals surface area contributed by atoms with E-state index in [-0.39, 0.29) is 5.91 Å². The molecule has 3 rings (SSSR count). The topological polar surface area (TPSA) is 66.3 Å². The molecular formula is C20H30N6O. The Morgan fingerprint density at radius 3 is 2.48 bits per heavy atom. The molecule has 146 valence electrons. The number of aryl methyl sites for hydroxylation is 1. The van der Waals surface area contributed by atoms with Crippen molar-refractivity contribution in [2.24, 2.45) is 0 Å². The lowest BCUT2D eigenvalue weighted by molar-refractivity contribution is 0.102. The molecule has 1 aliphatic rings. The highest BCUT2D eigenvalue weighted by molar-refractivity contribution is 6.02. The van der Waals surface area contributed by atoms with Crippen LogP contribution in [0.5, 0.6) is 0 Å². The second-order valence-corrected chi connectivity index (χ2v) is 7.24. The summed E-state index contributed by atoms with van der Waals surface area (Å²) in [5.41, 5.74) is 2.15. The van der Waals surface area contributed by atoms with Crippen LogP contribution in [0.2, 0.25) is 0 Å². The molecule has 0 saturated carbocycles. The normalized spacial score (nSPS) is 15.4. The standard InChI is InChI=1S/C20H30N6O/c1-5-17(6-2)26-15(3)13-18(23-26)20(27)22-16-7-8-19(21-14-16)25-11-9-24(4)10-12-25/h7-8,13-14,17H,5-6,9-12H2,1-4H3,(H,22,27). The zero-order valence-corrected chi connectivity index (χ0v) is 16.8. The van der Waals surface area contributed by atoms with Crippen LogP contribution in [-0.4, -0.2) is 58.8 Å². The van der Waals surface area contributed by atoms with Gasteiger partial charge in [-0.3, -0.25) is 9.48 Å². The molecule has 1 N–H and O–H groups in total. The first-order valence-corrected chi connectivity index (χ1v) is 9.78. The zero-order valence-electron chi connectivity index (χ0n) is 16.8. The van der Waals surface area contributed by atoms with Crippen LogP contribution in [0.25, 0.3) is 0 Å². The summed E-state index contributed by atoms with van der Waals surface area (Å²) in [6, 6.07) is 6.05. The number of hydrogen-bond donors (Lipinski definition) is 1. The van der Waals surface area contributed by atoms with Gasteiger partial charge in [0, 0.05) is 31.9 Å². The quantitative estimate of drug-likeness (QED) is 0.847. The monoisotopic (exact) mass is 370 g/mol. The third-order valence-corrected chi connectivity index (χ3v) is 5.28.